The van der Waals surface area contributed by atoms with Crippen LogP contribution in [0, 0.1) is 0 Å². The molecule has 3 aromatic heterocycles. The predicted molar refractivity (Wildman–Crippen MR) is 81.7 cm³/mol. The van der Waals surface area contributed by atoms with E-state index in [0.29, 0.717) is 18.6 Å². The first kappa shape index (κ1) is 13.9. The smallest absolute Gasteiger partial charge is 0.270 e. The van der Waals surface area contributed by atoms with Crippen LogP contribution in [0.5, 0.6) is 0 Å². The number of amides is 1. The summed E-state index contributed by atoms with van der Waals surface area (Å²) in [6, 6.07) is 10.8. The minimum absolute atomic E-state index is 0.0321. The molecule has 3 rings (SSSR count). The summed E-state index contributed by atoms with van der Waals surface area (Å²) in [6.45, 7) is 0.410. The van der Waals surface area contributed by atoms with Crippen LogP contribution in [0.3, 0.4) is 0 Å². The Morgan fingerprint density at radius 3 is 2.82 bits per heavy atom. The largest absolute Gasteiger partial charge is 0.351 e. The minimum atomic E-state index is -0.424. The summed E-state index contributed by atoms with van der Waals surface area (Å²) in [7, 11) is 0. The fraction of sp³-hybridized carbons (Fsp3) is 0.125. The fourth-order valence-corrected chi connectivity index (χ4v) is 2.13. The van der Waals surface area contributed by atoms with Crippen LogP contribution >= 0.6 is 0 Å². The summed E-state index contributed by atoms with van der Waals surface area (Å²) in [5.74, 6) is -0.424. The highest BCUT2D eigenvalue weighted by Gasteiger charge is 2.12. The summed E-state index contributed by atoms with van der Waals surface area (Å²) >= 11 is 0. The van der Waals surface area contributed by atoms with Crippen molar-refractivity contribution in [1.82, 2.24) is 19.7 Å². The van der Waals surface area contributed by atoms with Crippen molar-refractivity contribution in [2.75, 3.05) is 6.54 Å². The molecule has 0 aliphatic rings. The molecule has 0 spiro atoms. The Hall–Kier alpha value is -3.02. The molecule has 0 bridgehead atoms. The molecule has 0 unspecified atom stereocenters. The van der Waals surface area contributed by atoms with Gasteiger partial charge in [0.2, 0.25) is 0 Å². The molecule has 0 aromatic carbocycles. The van der Waals surface area contributed by atoms with Gasteiger partial charge < -0.3 is 5.32 Å². The van der Waals surface area contributed by atoms with Crippen molar-refractivity contribution < 1.29 is 4.79 Å². The van der Waals surface area contributed by atoms with Gasteiger partial charge in [0.05, 0.1) is 0 Å². The maximum absolute atomic E-state index is 12.3. The summed E-state index contributed by atoms with van der Waals surface area (Å²) in [4.78, 5) is 32.7. The number of hydrogen-bond donors (Lipinski definition) is 1. The summed E-state index contributed by atoms with van der Waals surface area (Å²) in [6.07, 6.45) is 5.22. The summed E-state index contributed by atoms with van der Waals surface area (Å²) < 4.78 is 1.35. The van der Waals surface area contributed by atoms with Gasteiger partial charge in [0.25, 0.3) is 11.5 Å². The van der Waals surface area contributed by atoms with Gasteiger partial charge in [0, 0.05) is 37.3 Å². The third-order valence-corrected chi connectivity index (χ3v) is 3.25. The first-order valence-corrected chi connectivity index (χ1v) is 6.90. The second kappa shape index (κ2) is 6.17. The van der Waals surface area contributed by atoms with Crippen molar-refractivity contribution in [3.05, 3.63) is 76.6 Å². The number of aromatic nitrogens is 3. The first-order chi connectivity index (χ1) is 10.8. The van der Waals surface area contributed by atoms with Crippen LogP contribution in [0.15, 0.2) is 59.8 Å². The Labute approximate surface area is 126 Å². The van der Waals surface area contributed by atoms with Crippen molar-refractivity contribution in [3.63, 3.8) is 0 Å². The Balaban J connectivity index is 1.73. The monoisotopic (exact) mass is 294 g/mol. The minimum Gasteiger partial charge on any atom is -0.351 e. The number of fused-ring (bicyclic) bond motifs is 1. The molecule has 110 valence electrons. The molecule has 3 aromatic rings. The molecule has 0 saturated heterocycles. The van der Waals surface area contributed by atoms with E-state index in [1.54, 1.807) is 30.6 Å². The van der Waals surface area contributed by atoms with E-state index in [4.69, 9.17) is 0 Å². The summed E-state index contributed by atoms with van der Waals surface area (Å²) in [5.41, 5.74) is 1.05. The lowest BCUT2D eigenvalue weighted by Gasteiger charge is -2.06. The van der Waals surface area contributed by atoms with E-state index in [0.717, 1.165) is 5.69 Å². The molecule has 6 heteroatoms. The van der Waals surface area contributed by atoms with Gasteiger partial charge in [-0.25, -0.2) is 4.98 Å². The van der Waals surface area contributed by atoms with Crippen LogP contribution in [0.2, 0.25) is 0 Å². The van der Waals surface area contributed by atoms with Gasteiger partial charge in [0.15, 0.2) is 0 Å². The van der Waals surface area contributed by atoms with Gasteiger partial charge in [-0.1, -0.05) is 12.1 Å². The lowest BCUT2D eigenvalue weighted by atomic mass is 10.2. The molecule has 0 fully saturated rings. The molecule has 6 nitrogen and oxygen atoms in total. The first-order valence-electron chi connectivity index (χ1n) is 6.90. The van der Waals surface area contributed by atoms with E-state index in [-0.39, 0.29) is 11.1 Å². The van der Waals surface area contributed by atoms with Gasteiger partial charge in [-0.05, 0) is 24.3 Å². The zero-order valence-electron chi connectivity index (χ0n) is 11.8. The van der Waals surface area contributed by atoms with Crippen molar-refractivity contribution in [2.45, 2.75) is 6.42 Å². The third-order valence-electron chi connectivity index (χ3n) is 3.25. The molecule has 3 heterocycles. The van der Waals surface area contributed by atoms with Crippen LogP contribution in [0.1, 0.15) is 16.1 Å². The molecule has 0 atom stereocenters. The van der Waals surface area contributed by atoms with Crippen LogP contribution in [-0.4, -0.2) is 26.8 Å². The van der Waals surface area contributed by atoms with Crippen LogP contribution in [0.4, 0.5) is 0 Å². The zero-order chi connectivity index (χ0) is 15.4. The van der Waals surface area contributed by atoms with Gasteiger partial charge in [-0.2, -0.15) is 0 Å². The van der Waals surface area contributed by atoms with Gasteiger partial charge in [-0.15, -0.1) is 0 Å². The van der Waals surface area contributed by atoms with E-state index in [2.05, 4.69) is 15.3 Å². The Morgan fingerprint density at radius 2 is 2.00 bits per heavy atom. The molecule has 0 radical (unpaired) electrons. The molecule has 1 N–H and O–H groups in total. The molecular formula is C16H14N4O2. The third kappa shape index (κ3) is 2.85. The lowest BCUT2D eigenvalue weighted by molar-refractivity contribution is 0.0952. The molecule has 0 saturated carbocycles. The van der Waals surface area contributed by atoms with Crippen molar-refractivity contribution in [1.29, 1.82) is 0 Å². The van der Waals surface area contributed by atoms with Gasteiger partial charge in [-0.3, -0.25) is 19.0 Å². The SMILES string of the molecule is O=C(NCCc1ccccn1)c1cnc2ccccn2c1=O. The van der Waals surface area contributed by atoms with Crippen LogP contribution in [-0.2, 0) is 6.42 Å². The Bertz CT molecular complexity index is 859. The zero-order valence-corrected chi connectivity index (χ0v) is 11.8. The number of rotatable bonds is 4. The van der Waals surface area contributed by atoms with Crippen LogP contribution < -0.4 is 10.9 Å². The van der Waals surface area contributed by atoms with E-state index < -0.39 is 5.91 Å². The van der Waals surface area contributed by atoms with E-state index >= 15 is 0 Å². The number of carbonyl (C=O) groups is 1. The van der Waals surface area contributed by atoms with Gasteiger partial charge in [0.1, 0.15) is 11.2 Å². The Kier molecular flexibility index (Phi) is 3.91. The molecule has 0 aliphatic carbocycles. The highest BCUT2D eigenvalue weighted by molar-refractivity contribution is 5.93. The maximum atomic E-state index is 12.3. The highest BCUT2D eigenvalue weighted by Crippen LogP contribution is 1.98. The quantitative estimate of drug-likeness (QED) is 0.780. The second-order valence-corrected chi connectivity index (χ2v) is 4.73. The number of carbonyl (C=O) groups excluding carboxylic acids is 1. The van der Waals surface area contributed by atoms with Crippen molar-refractivity contribution >= 4 is 11.6 Å². The molecule has 22 heavy (non-hydrogen) atoms. The average molecular weight is 294 g/mol. The lowest BCUT2D eigenvalue weighted by Crippen LogP contribution is -2.32. The van der Waals surface area contributed by atoms with Crippen LogP contribution in [0.25, 0.3) is 5.65 Å². The average Bonchev–Trinajstić information content (AvgIpc) is 2.56. The van der Waals surface area contributed by atoms with E-state index in [1.165, 1.54) is 10.6 Å². The van der Waals surface area contributed by atoms with Crippen molar-refractivity contribution in [3.8, 4) is 0 Å². The standard InChI is InChI=1S/C16H14N4O2/c21-15(18-9-7-12-5-1-3-8-17-12)13-11-19-14-6-2-4-10-20(14)16(13)22/h1-6,8,10-11H,7,9H2,(H,18,21). The van der Waals surface area contributed by atoms with E-state index in [9.17, 15) is 9.59 Å². The number of nitrogens with zero attached hydrogens (tertiary/aromatic N) is 3. The number of nitrogens with one attached hydrogen (secondary N) is 1. The molecule has 1 amide bonds. The maximum Gasteiger partial charge on any atom is 0.270 e. The number of pyridine rings is 2. The van der Waals surface area contributed by atoms with Crippen molar-refractivity contribution in [2.24, 2.45) is 0 Å². The van der Waals surface area contributed by atoms with E-state index in [1.807, 2.05) is 18.2 Å². The van der Waals surface area contributed by atoms with Gasteiger partial charge >= 0.3 is 0 Å². The normalized spacial score (nSPS) is 10.5. The molecule has 0 aliphatic heterocycles. The molecular weight excluding hydrogens is 280 g/mol. The topological polar surface area (TPSA) is 76.4 Å². The fourth-order valence-electron chi connectivity index (χ4n) is 2.13. The number of hydrogen-bond acceptors (Lipinski definition) is 4. The summed E-state index contributed by atoms with van der Waals surface area (Å²) in [5, 5.41) is 2.72. The highest BCUT2D eigenvalue weighted by atomic mass is 16.2. The second-order valence-electron chi connectivity index (χ2n) is 4.73. The predicted octanol–water partition coefficient (Wildman–Crippen LogP) is 1.06. The Morgan fingerprint density at radius 1 is 1.14 bits per heavy atom.